The minimum absolute atomic E-state index is 0.0639. The fourth-order valence-corrected chi connectivity index (χ4v) is 2.26. The van der Waals surface area contributed by atoms with Gasteiger partial charge in [0.15, 0.2) is 0 Å². The Balaban J connectivity index is 2.43. The smallest absolute Gasteiger partial charge is 0.214 e. The van der Waals surface area contributed by atoms with Crippen molar-refractivity contribution >= 4 is 10.0 Å². The molecule has 0 aromatic rings. The number of hydrogen-bond acceptors (Lipinski definition) is 3. The largest absolute Gasteiger partial charge is 0.395 e. The molecule has 0 radical (unpaired) electrons. The fourth-order valence-electron chi connectivity index (χ4n) is 1.06. The minimum atomic E-state index is -3.24. The highest BCUT2D eigenvalue weighted by Gasteiger charge is 2.47. The molecule has 1 unspecified atom stereocenters. The van der Waals surface area contributed by atoms with Crippen LogP contribution in [0.5, 0.6) is 0 Å². The lowest BCUT2D eigenvalue weighted by Gasteiger charge is -2.05. The first-order chi connectivity index (χ1) is 5.37. The highest BCUT2D eigenvalue weighted by molar-refractivity contribution is 7.89. The molecule has 0 amide bonds. The molecule has 5 heteroatoms. The van der Waals surface area contributed by atoms with Crippen molar-refractivity contribution in [1.29, 1.82) is 0 Å². The zero-order valence-electron chi connectivity index (χ0n) is 7.37. The van der Waals surface area contributed by atoms with Gasteiger partial charge in [0.05, 0.1) is 12.4 Å². The molecule has 0 aliphatic heterocycles. The molecule has 0 bridgehead atoms. The average Bonchev–Trinajstić information content (AvgIpc) is 2.36. The fraction of sp³-hybridized carbons (Fsp3) is 1.00. The Morgan fingerprint density at radius 2 is 2.08 bits per heavy atom. The van der Waals surface area contributed by atoms with E-state index in [9.17, 15) is 8.42 Å². The Morgan fingerprint density at radius 3 is 2.42 bits per heavy atom. The van der Waals surface area contributed by atoms with Gasteiger partial charge >= 0.3 is 0 Å². The van der Waals surface area contributed by atoms with Gasteiger partial charge in [-0.3, -0.25) is 0 Å². The van der Waals surface area contributed by atoms with E-state index < -0.39 is 10.0 Å². The monoisotopic (exact) mass is 193 g/mol. The van der Waals surface area contributed by atoms with E-state index in [0.717, 1.165) is 6.42 Å². The minimum Gasteiger partial charge on any atom is -0.395 e. The van der Waals surface area contributed by atoms with Crippen LogP contribution in [-0.4, -0.2) is 31.9 Å². The summed E-state index contributed by atoms with van der Waals surface area (Å²) in [6, 6.07) is 0.0639. The molecule has 0 heterocycles. The quantitative estimate of drug-likeness (QED) is 0.644. The number of hydrogen-bond donors (Lipinski definition) is 2. The van der Waals surface area contributed by atoms with Gasteiger partial charge in [-0.25, -0.2) is 13.1 Å². The van der Waals surface area contributed by atoms with E-state index in [1.807, 2.05) is 13.8 Å². The van der Waals surface area contributed by atoms with E-state index >= 15 is 0 Å². The summed E-state index contributed by atoms with van der Waals surface area (Å²) < 4.78 is 24.7. The Kier molecular flexibility index (Phi) is 2.47. The van der Waals surface area contributed by atoms with E-state index in [-0.39, 0.29) is 23.8 Å². The van der Waals surface area contributed by atoms with Crippen molar-refractivity contribution in [1.82, 2.24) is 4.72 Å². The predicted octanol–water partition coefficient (Wildman–Crippen LogP) is -0.303. The Labute approximate surface area is 73.0 Å². The topological polar surface area (TPSA) is 66.4 Å². The zero-order chi connectivity index (χ0) is 9.41. The van der Waals surface area contributed by atoms with Gasteiger partial charge in [-0.1, -0.05) is 13.8 Å². The van der Waals surface area contributed by atoms with Crippen LogP contribution in [0.4, 0.5) is 0 Å². The molecule has 72 valence electrons. The van der Waals surface area contributed by atoms with Crippen LogP contribution in [0.25, 0.3) is 0 Å². The number of aliphatic hydroxyl groups excluding tert-OH is 1. The summed E-state index contributed by atoms with van der Waals surface area (Å²) >= 11 is 0. The average molecular weight is 193 g/mol. The van der Waals surface area contributed by atoms with Crippen molar-refractivity contribution in [3.05, 3.63) is 0 Å². The van der Waals surface area contributed by atoms with E-state index in [1.165, 1.54) is 0 Å². The second kappa shape index (κ2) is 2.97. The molecule has 12 heavy (non-hydrogen) atoms. The predicted molar refractivity (Wildman–Crippen MR) is 46.2 cm³/mol. The van der Waals surface area contributed by atoms with Crippen LogP contribution >= 0.6 is 0 Å². The second-order valence-corrected chi connectivity index (χ2v) is 5.78. The van der Waals surface area contributed by atoms with Crippen molar-refractivity contribution < 1.29 is 13.5 Å². The first-order valence-electron chi connectivity index (χ1n) is 3.98. The Bertz CT molecular complexity index is 258. The molecule has 1 fully saturated rings. The Hall–Kier alpha value is -0.130. The number of rotatable bonds is 4. The lowest BCUT2D eigenvalue weighted by Crippen LogP contribution is -2.31. The lowest BCUT2D eigenvalue weighted by atomic mass is 10.2. The van der Waals surface area contributed by atoms with Crippen LogP contribution in [-0.2, 0) is 10.0 Å². The maximum Gasteiger partial charge on any atom is 0.214 e. The SMILES string of the molecule is CC1(C)CC1NS(=O)(=O)CCO. The maximum absolute atomic E-state index is 11.1. The molecule has 1 aliphatic rings. The van der Waals surface area contributed by atoms with Crippen LogP contribution in [0.2, 0.25) is 0 Å². The summed E-state index contributed by atoms with van der Waals surface area (Å²) in [7, 11) is -3.24. The molecule has 0 aromatic heterocycles. The van der Waals surface area contributed by atoms with Crippen LogP contribution in [0.1, 0.15) is 20.3 Å². The van der Waals surface area contributed by atoms with E-state index in [2.05, 4.69) is 4.72 Å². The van der Waals surface area contributed by atoms with E-state index in [4.69, 9.17) is 5.11 Å². The molecule has 1 rings (SSSR count). The van der Waals surface area contributed by atoms with Crippen molar-refractivity contribution in [3.8, 4) is 0 Å². The summed E-state index contributed by atoms with van der Waals surface area (Å²) in [6.45, 7) is 3.71. The van der Waals surface area contributed by atoms with Crippen molar-refractivity contribution in [3.63, 3.8) is 0 Å². The molecule has 1 aliphatic carbocycles. The highest BCUT2D eigenvalue weighted by Crippen LogP contribution is 2.44. The van der Waals surface area contributed by atoms with E-state index in [0.29, 0.717) is 0 Å². The first kappa shape index (κ1) is 9.95. The van der Waals surface area contributed by atoms with Crippen LogP contribution in [0.3, 0.4) is 0 Å². The van der Waals surface area contributed by atoms with Crippen molar-refractivity contribution in [2.75, 3.05) is 12.4 Å². The molecule has 1 saturated carbocycles. The van der Waals surface area contributed by atoms with Gasteiger partial charge in [-0.05, 0) is 11.8 Å². The highest BCUT2D eigenvalue weighted by atomic mass is 32.2. The van der Waals surface area contributed by atoms with Crippen LogP contribution in [0.15, 0.2) is 0 Å². The molecule has 1 atom stereocenters. The summed E-state index contributed by atoms with van der Waals surface area (Å²) in [6.07, 6.45) is 0.887. The van der Waals surface area contributed by atoms with Crippen LogP contribution in [0, 0.1) is 5.41 Å². The van der Waals surface area contributed by atoms with Crippen LogP contribution < -0.4 is 4.72 Å². The van der Waals surface area contributed by atoms with E-state index in [1.54, 1.807) is 0 Å². The second-order valence-electron chi connectivity index (χ2n) is 3.91. The lowest BCUT2D eigenvalue weighted by molar-refractivity contribution is 0.319. The number of sulfonamides is 1. The van der Waals surface area contributed by atoms with Gasteiger partial charge in [0.2, 0.25) is 10.0 Å². The molecular weight excluding hydrogens is 178 g/mol. The Morgan fingerprint density at radius 1 is 1.58 bits per heavy atom. The van der Waals surface area contributed by atoms with Gasteiger partial charge in [0, 0.05) is 6.04 Å². The molecule has 0 spiro atoms. The van der Waals surface area contributed by atoms with Crippen molar-refractivity contribution in [2.24, 2.45) is 5.41 Å². The molecule has 4 nitrogen and oxygen atoms in total. The normalized spacial score (nSPS) is 27.1. The zero-order valence-corrected chi connectivity index (χ0v) is 8.19. The van der Waals surface area contributed by atoms with Gasteiger partial charge in [-0.2, -0.15) is 0 Å². The van der Waals surface area contributed by atoms with Gasteiger partial charge in [0.1, 0.15) is 0 Å². The molecule has 2 N–H and O–H groups in total. The first-order valence-corrected chi connectivity index (χ1v) is 5.63. The standard InChI is InChI=1S/C7H15NO3S/c1-7(2)5-6(7)8-12(10,11)4-3-9/h6,8-9H,3-5H2,1-2H3. The third-order valence-corrected chi connectivity index (χ3v) is 3.56. The summed E-state index contributed by atoms with van der Waals surface area (Å²) in [5.41, 5.74) is 0.0997. The molecule has 0 saturated heterocycles. The van der Waals surface area contributed by atoms with Gasteiger partial charge in [0.25, 0.3) is 0 Å². The van der Waals surface area contributed by atoms with Crippen molar-refractivity contribution in [2.45, 2.75) is 26.3 Å². The van der Waals surface area contributed by atoms with Gasteiger partial charge in [-0.15, -0.1) is 0 Å². The third-order valence-electron chi connectivity index (χ3n) is 2.20. The summed E-state index contributed by atoms with van der Waals surface area (Å²) in [4.78, 5) is 0. The number of aliphatic hydroxyl groups is 1. The summed E-state index contributed by atoms with van der Waals surface area (Å²) in [5, 5.41) is 8.45. The molecular formula is C7H15NO3S. The number of nitrogens with one attached hydrogen (secondary N) is 1. The molecule has 0 aromatic carbocycles. The summed E-state index contributed by atoms with van der Waals surface area (Å²) in [5.74, 6) is -0.195. The maximum atomic E-state index is 11.1. The van der Waals surface area contributed by atoms with Gasteiger partial charge < -0.3 is 5.11 Å². The third kappa shape index (κ3) is 2.43.